The van der Waals surface area contributed by atoms with Crippen molar-refractivity contribution >= 4 is 12.6 Å². The van der Waals surface area contributed by atoms with E-state index in [2.05, 4.69) is 24.9 Å². The van der Waals surface area contributed by atoms with Crippen molar-refractivity contribution in [2.75, 3.05) is 6.54 Å². The topological polar surface area (TPSA) is 38.0 Å². The second-order valence-electron chi connectivity index (χ2n) is 4.34. The first kappa shape index (κ1) is 7.90. The van der Waals surface area contributed by atoms with Crippen molar-refractivity contribution in [3.05, 3.63) is 0 Å². The fourth-order valence-corrected chi connectivity index (χ4v) is 3.08. The zero-order chi connectivity index (χ0) is 8.11. The molecule has 0 aromatic heterocycles. The molecule has 64 valence electrons. The van der Waals surface area contributed by atoms with Gasteiger partial charge in [-0.1, -0.05) is 0 Å². The Bertz CT molecular complexity index is 159. The average Bonchev–Trinajstić information content (AvgIpc) is 1.74. The molecule has 11 heavy (non-hydrogen) atoms. The molecule has 3 saturated carbocycles. The summed E-state index contributed by atoms with van der Waals surface area (Å²) in [5, 5.41) is 3.81. The minimum atomic E-state index is 0.325. The van der Waals surface area contributed by atoms with E-state index in [4.69, 9.17) is 5.73 Å². The van der Waals surface area contributed by atoms with Gasteiger partial charge in [-0.3, -0.25) is 0 Å². The summed E-state index contributed by atoms with van der Waals surface area (Å²) in [5.41, 5.74) is 6.63. The van der Waals surface area contributed by atoms with Crippen LogP contribution in [0.5, 0.6) is 0 Å². The third kappa shape index (κ3) is 1.02. The lowest BCUT2D eigenvalue weighted by molar-refractivity contribution is -0.147. The quantitative estimate of drug-likeness (QED) is 0.434. The molecule has 0 radical (unpaired) electrons. The first-order valence-electron chi connectivity index (χ1n) is 4.26. The van der Waals surface area contributed by atoms with Crippen LogP contribution in [0.25, 0.3) is 0 Å². The minimum Gasteiger partial charge on any atom is -0.330 e. The van der Waals surface area contributed by atoms with Crippen LogP contribution in [0.1, 0.15) is 26.2 Å². The highest BCUT2D eigenvalue weighted by Crippen LogP contribution is 2.66. The Hall–Kier alpha value is 0.270. The molecule has 3 heteroatoms. The molecule has 0 aromatic carbocycles. The minimum absolute atomic E-state index is 0.325. The van der Waals surface area contributed by atoms with Gasteiger partial charge in [0.1, 0.15) is 0 Å². The van der Waals surface area contributed by atoms with Gasteiger partial charge in [0, 0.05) is 10.9 Å². The average molecular weight is 172 g/mol. The van der Waals surface area contributed by atoms with Gasteiger partial charge >= 0.3 is 0 Å². The number of nitrogens with one attached hydrogen (secondary N) is 1. The summed E-state index contributed by atoms with van der Waals surface area (Å²) in [5.74, 6) is 0. The van der Waals surface area contributed by atoms with Crippen molar-refractivity contribution in [3.63, 3.8) is 0 Å². The van der Waals surface area contributed by atoms with E-state index in [-0.39, 0.29) is 0 Å². The van der Waals surface area contributed by atoms with E-state index in [1.165, 1.54) is 19.3 Å². The summed E-state index contributed by atoms with van der Waals surface area (Å²) >= 11 is 4.32. The van der Waals surface area contributed by atoms with Gasteiger partial charge in [-0.05, 0) is 38.1 Å². The Labute approximate surface area is 73.3 Å². The number of nitrogens with two attached hydrogens (primary N) is 1. The molecule has 0 aromatic rings. The summed E-state index contributed by atoms with van der Waals surface area (Å²) in [7, 11) is 0. The Kier molecular flexibility index (Phi) is 1.54. The fraction of sp³-hybridized carbons (Fsp3) is 1.00. The molecule has 3 N–H and O–H groups in total. The van der Waals surface area contributed by atoms with Crippen LogP contribution < -0.4 is 11.1 Å². The molecule has 3 rings (SSSR count). The number of hydrogen-bond acceptors (Lipinski definition) is 3. The molecule has 0 saturated heterocycles. The van der Waals surface area contributed by atoms with Crippen LogP contribution in [-0.4, -0.2) is 17.5 Å². The molecule has 0 spiro atoms. The Morgan fingerprint density at radius 1 is 1.55 bits per heavy atom. The van der Waals surface area contributed by atoms with Gasteiger partial charge < -0.3 is 11.1 Å². The van der Waals surface area contributed by atoms with Gasteiger partial charge in [0.25, 0.3) is 0 Å². The Morgan fingerprint density at radius 3 is 2.45 bits per heavy atom. The summed E-state index contributed by atoms with van der Waals surface area (Å²) in [4.78, 5) is 0. The maximum Gasteiger partial charge on any atom is 0.0477 e. The van der Waals surface area contributed by atoms with E-state index in [0.29, 0.717) is 16.3 Å². The van der Waals surface area contributed by atoms with E-state index >= 15 is 0 Å². The van der Waals surface area contributed by atoms with E-state index in [1.807, 2.05) is 0 Å². The van der Waals surface area contributed by atoms with Crippen molar-refractivity contribution in [3.8, 4) is 0 Å². The molecular formula is C8H16N2S. The zero-order valence-corrected chi connectivity index (χ0v) is 7.82. The van der Waals surface area contributed by atoms with E-state index < -0.39 is 0 Å². The highest BCUT2D eigenvalue weighted by Gasteiger charge is 2.66. The second kappa shape index (κ2) is 2.15. The van der Waals surface area contributed by atoms with Crippen LogP contribution >= 0.6 is 12.6 Å². The van der Waals surface area contributed by atoms with Crippen molar-refractivity contribution in [2.45, 2.75) is 37.1 Å². The van der Waals surface area contributed by atoms with Crippen LogP contribution in [0.15, 0.2) is 0 Å². The molecule has 3 aliphatic carbocycles. The first-order valence-corrected chi connectivity index (χ1v) is 4.77. The maximum atomic E-state index is 5.65. The molecule has 3 fully saturated rings. The molecule has 0 aliphatic heterocycles. The third-order valence-electron chi connectivity index (χ3n) is 3.09. The number of thiol groups is 1. The molecule has 1 unspecified atom stereocenters. The summed E-state index contributed by atoms with van der Waals surface area (Å²) in [6.07, 6.45) is 3.84. The van der Waals surface area contributed by atoms with Crippen molar-refractivity contribution in [1.82, 2.24) is 5.32 Å². The van der Waals surface area contributed by atoms with Gasteiger partial charge in [0.2, 0.25) is 0 Å². The standard InChI is InChI=1S/C8H16N2S/c1-6(11)10-8-2-7(3-8,4-8)5-9/h6,10-11H,2-5,9H2,1H3. The largest absolute Gasteiger partial charge is 0.330 e. The van der Waals surface area contributed by atoms with Crippen molar-refractivity contribution in [1.29, 1.82) is 0 Å². The zero-order valence-electron chi connectivity index (χ0n) is 6.93. The van der Waals surface area contributed by atoms with Gasteiger partial charge in [-0.2, -0.15) is 12.6 Å². The SMILES string of the molecule is CC(S)NC12CC(CN)(C1)C2. The van der Waals surface area contributed by atoms with Crippen molar-refractivity contribution in [2.24, 2.45) is 11.1 Å². The molecule has 1 atom stereocenters. The van der Waals surface area contributed by atoms with E-state index in [9.17, 15) is 0 Å². The number of rotatable bonds is 3. The molecule has 3 aliphatic rings. The highest BCUT2D eigenvalue weighted by molar-refractivity contribution is 7.80. The Morgan fingerprint density at radius 2 is 2.09 bits per heavy atom. The van der Waals surface area contributed by atoms with E-state index in [0.717, 1.165) is 6.54 Å². The molecule has 0 amide bonds. The fourth-order valence-electron chi connectivity index (χ4n) is 2.81. The van der Waals surface area contributed by atoms with Crippen LogP contribution in [-0.2, 0) is 0 Å². The van der Waals surface area contributed by atoms with Crippen LogP contribution in [0.3, 0.4) is 0 Å². The van der Waals surface area contributed by atoms with Gasteiger partial charge in [-0.25, -0.2) is 0 Å². The van der Waals surface area contributed by atoms with E-state index in [1.54, 1.807) is 0 Å². The maximum absolute atomic E-state index is 5.65. The monoisotopic (exact) mass is 172 g/mol. The summed E-state index contributed by atoms with van der Waals surface area (Å²) < 4.78 is 0. The normalized spacial score (nSPS) is 49.4. The number of hydrogen-bond donors (Lipinski definition) is 3. The van der Waals surface area contributed by atoms with Gasteiger partial charge in [-0.15, -0.1) is 0 Å². The van der Waals surface area contributed by atoms with Crippen LogP contribution in [0.2, 0.25) is 0 Å². The Balaban J connectivity index is 1.85. The van der Waals surface area contributed by atoms with Gasteiger partial charge in [0.05, 0.1) is 0 Å². The predicted octanol–water partition coefficient (Wildman–Crippen LogP) is 0.733. The summed E-state index contributed by atoms with van der Waals surface area (Å²) in [6, 6.07) is 0. The lowest BCUT2D eigenvalue weighted by Crippen LogP contribution is -2.76. The highest BCUT2D eigenvalue weighted by atomic mass is 32.1. The molecular weight excluding hydrogens is 156 g/mol. The summed E-state index contributed by atoms with van der Waals surface area (Å²) in [6.45, 7) is 2.95. The lowest BCUT2D eigenvalue weighted by atomic mass is 9.39. The molecule has 2 bridgehead atoms. The van der Waals surface area contributed by atoms with Crippen LogP contribution in [0, 0.1) is 5.41 Å². The predicted molar refractivity (Wildman–Crippen MR) is 49.7 cm³/mol. The first-order chi connectivity index (χ1) is 5.10. The second-order valence-corrected chi connectivity index (χ2v) is 5.11. The third-order valence-corrected chi connectivity index (χ3v) is 3.22. The lowest BCUT2D eigenvalue weighted by Gasteiger charge is -2.71. The smallest absolute Gasteiger partial charge is 0.0477 e. The van der Waals surface area contributed by atoms with Gasteiger partial charge in [0.15, 0.2) is 0 Å². The van der Waals surface area contributed by atoms with Crippen LogP contribution in [0.4, 0.5) is 0 Å². The molecule has 2 nitrogen and oxygen atoms in total. The molecule has 0 heterocycles. The van der Waals surface area contributed by atoms with Crippen molar-refractivity contribution < 1.29 is 0 Å².